The Kier molecular flexibility index (Phi) is 6.35. The molecule has 1 fully saturated rings. The maximum absolute atomic E-state index is 13.4. The number of benzene rings is 2. The van der Waals surface area contributed by atoms with Crippen molar-refractivity contribution in [2.75, 3.05) is 7.11 Å². The van der Waals surface area contributed by atoms with Crippen molar-refractivity contribution in [1.82, 2.24) is 14.3 Å². The van der Waals surface area contributed by atoms with Crippen molar-refractivity contribution in [3.8, 4) is 17.4 Å². The van der Waals surface area contributed by atoms with Crippen LogP contribution in [0.5, 0.6) is 17.4 Å². The van der Waals surface area contributed by atoms with Gasteiger partial charge in [0.2, 0.25) is 5.88 Å². The Bertz CT molecular complexity index is 1520. The summed E-state index contributed by atoms with van der Waals surface area (Å²) in [6.45, 7) is 0.354. The molecule has 2 aromatic heterocycles. The lowest BCUT2D eigenvalue weighted by atomic mass is 10.2. The number of ether oxygens (including phenoxy) is 2. The molecule has 0 unspecified atom stereocenters. The fourth-order valence-corrected chi connectivity index (χ4v) is 4.81. The second-order valence-corrected chi connectivity index (χ2v) is 9.27. The Labute approximate surface area is 210 Å². The molecule has 2 aromatic carbocycles. The molecule has 5 rings (SSSR count). The van der Waals surface area contributed by atoms with Crippen LogP contribution in [0.2, 0.25) is 0 Å². The van der Waals surface area contributed by atoms with Crippen LogP contribution in [0.3, 0.4) is 0 Å². The highest BCUT2D eigenvalue weighted by Gasteiger charge is 2.32. The van der Waals surface area contributed by atoms with Crippen molar-refractivity contribution >= 4 is 45.9 Å². The van der Waals surface area contributed by atoms with Crippen molar-refractivity contribution in [2.45, 2.75) is 6.54 Å². The zero-order valence-electron chi connectivity index (χ0n) is 18.6. The molecule has 7 nitrogen and oxygen atoms in total. The van der Waals surface area contributed by atoms with Crippen LogP contribution in [0, 0.1) is 0 Å². The molecule has 0 bridgehead atoms. The average molecular weight is 502 g/mol. The summed E-state index contributed by atoms with van der Waals surface area (Å²) >= 11 is 6.62. The smallest absolute Gasteiger partial charge is 0.269 e. The molecule has 3 heterocycles. The molecule has 1 amide bonds. The molecular formula is C26H19N3O4S2. The molecule has 4 aromatic rings. The summed E-state index contributed by atoms with van der Waals surface area (Å²) in [4.78, 5) is 33.0. The van der Waals surface area contributed by atoms with Gasteiger partial charge in [-0.25, -0.2) is 0 Å². The summed E-state index contributed by atoms with van der Waals surface area (Å²) in [5, 5.41) is 0. The summed E-state index contributed by atoms with van der Waals surface area (Å²) in [5.74, 6) is 0.979. The maximum Gasteiger partial charge on any atom is 0.269 e. The molecule has 35 heavy (non-hydrogen) atoms. The predicted molar refractivity (Wildman–Crippen MR) is 140 cm³/mol. The first-order valence-corrected chi connectivity index (χ1v) is 11.9. The van der Waals surface area contributed by atoms with E-state index >= 15 is 0 Å². The summed E-state index contributed by atoms with van der Waals surface area (Å²) < 4.78 is 13.0. The van der Waals surface area contributed by atoms with Gasteiger partial charge in [-0.1, -0.05) is 60.4 Å². The number of fused-ring (bicyclic) bond motifs is 1. The fraction of sp³-hybridized carbons (Fsp3) is 0.0769. The van der Waals surface area contributed by atoms with Gasteiger partial charge in [-0.3, -0.25) is 18.9 Å². The Balaban J connectivity index is 1.55. The zero-order valence-corrected chi connectivity index (χ0v) is 20.2. The Morgan fingerprint density at radius 3 is 2.43 bits per heavy atom. The van der Waals surface area contributed by atoms with E-state index in [4.69, 9.17) is 21.7 Å². The minimum Gasteiger partial charge on any atom is -0.497 e. The van der Waals surface area contributed by atoms with Gasteiger partial charge in [-0.15, -0.1) is 0 Å². The van der Waals surface area contributed by atoms with E-state index in [9.17, 15) is 9.59 Å². The van der Waals surface area contributed by atoms with E-state index in [1.165, 1.54) is 15.4 Å². The number of nitrogens with zero attached hydrogens (tertiary/aromatic N) is 3. The van der Waals surface area contributed by atoms with Gasteiger partial charge < -0.3 is 9.47 Å². The van der Waals surface area contributed by atoms with Gasteiger partial charge in [0.1, 0.15) is 27.0 Å². The lowest BCUT2D eigenvalue weighted by molar-refractivity contribution is -0.122. The van der Waals surface area contributed by atoms with Gasteiger partial charge in [-0.05, 0) is 48.0 Å². The van der Waals surface area contributed by atoms with Crippen LogP contribution in [0.4, 0.5) is 0 Å². The highest BCUT2D eigenvalue weighted by atomic mass is 32.2. The molecule has 0 spiro atoms. The number of carbonyl (C=O) groups is 1. The third kappa shape index (κ3) is 4.68. The third-order valence-corrected chi connectivity index (χ3v) is 6.72. The molecule has 0 atom stereocenters. The second kappa shape index (κ2) is 9.73. The van der Waals surface area contributed by atoms with Crippen LogP contribution in [0.15, 0.2) is 88.7 Å². The van der Waals surface area contributed by atoms with Gasteiger partial charge in [0.15, 0.2) is 0 Å². The van der Waals surface area contributed by atoms with Gasteiger partial charge in [0.25, 0.3) is 11.5 Å². The molecule has 0 radical (unpaired) electrons. The third-order valence-electron chi connectivity index (χ3n) is 5.34. The van der Waals surface area contributed by atoms with E-state index in [1.807, 2.05) is 30.3 Å². The van der Waals surface area contributed by atoms with E-state index in [0.29, 0.717) is 32.9 Å². The SMILES string of the molecule is COc1ccc(Oc2nc3ccccn3c(=O)c2/C=C2/SC(=S)N(Cc3ccccc3)C2=O)cc1. The summed E-state index contributed by atoms with van der Waals surface area (Å²) in [6, 6.07) is 21.8. The molecular weight excluding hydrogens is 482 g/mol. The number of thioether (sulfide) groups is 1. The highest BCUT2D eigenvalue weighted by molar-refractivity contribution is 8.26. The van der Waals surface area contributed by atoms with Gasteiger partial charge in [0.05, 0.1) is 18.6 Å². The number of carbonyl (C=O) groups excluding carboxylic acids is 1. The normalized spacial score (nSPS) is 14.7. The summed E-state index contributed by atoms with van der Waals surface area (Å²) in [5.41, 5.74) is 1.19. The molecule has 0 aliphatic carbocycles. The van der Waals surface area contributed by atoms with E-state index in [0.717, 1.165) is 17.3 Å². The highest BCUT2D eigenvalue weighted by Crippen LogP contribution is 2.35. The standard InChI is InChI=1S/C26H19N3O4S2/c1-32-18-10-12-19(13-11-18)33-23-20(24(30)28-14-6-5-9-22(28)27-23)15-21-25(31)29(26(34)35-21)16-17-7-3-2-4-8-17/h2-15H,16H2,1H3/b21-15+. The van der Waals surface area contributed by atoms with Gasteiger partial charge in [-0.2, -0.15) is 4.98 Å². The number of methoxy groups -OCH3 is 1. The predicted octanol–water partition coefficient (Wildman–Crippen LogP) is 4.90. The van der Waals surface area contributed by atoms with Crippen LogP contribution in [-0.2, 0) is 11.3 Å². The number of hydrogen-bond acceptors (Lipinski definition) is 7. The Hall–Kier alpha value is -3.95. The number of aromatic nitrogens is 2. The first kappa shape index (κ1) is 22.8. The topological polar surface area (TPSA) is 73.1 Å². The first-order valence-electron chi connectivity index (χ1n) is 10.7. The van der Waals surface area contributed by atoms with E-state index in [-0.39, 0.29) is 22.9 Å². The first-order chi connectivity index (χ1) is 17.0. The van der Waals surface area contributed by atoms with E-state index in [2.05, 4.69) is 4.98 Å². The number of pyridine rings is 1. The average Bonchev–Trinajstić information content (AvgIpc) is 3.14. The van der Waals surface area contributed by atoms with Crippen molar-refractivity contribution in [3.63, 3.8) is 0 Å². The Morgan fingerprint density at radius 2 is 1.69 bits per heavy atom. The van der Waals surface area contributed by atoms with Crippen molar-refractivity contribution < 1.29 is 14.3 Å². The lowest BCUT2D eigenvalue weighted by Crippen LogP contribution is -2.27. The van der Waals surface area contributed by atoms with Crippen LogP contribution >= 0.6 is 24.0 Å². The van der Waals surface area contributed by atoms with Crippen LogP contribution < -0.4 is 15.0 Å². The quantitative estimate of drug-likeness (QED) is 0.275. The van der Waals surface area contributed by atoms with Crippen molar-refractivity contribution in [1.29, 1.82) is 0 Å². The lowest BCUT2D eigenvalue weighted by Gasteiger charge is -2.14. The number of rotatable bonds is 6. The molecule has 1 aliphatic heterocycles. The number of hydrogen-bond donors (Lipinski definition) is 0. The second-order valence-electron chi connectivity index (χ2n) is 7.60. The van der Waals surface area contributed by atoms with E-state index < -0.39 is 0 Å². The minimum absolute atomic E-state index is 0.0969. The zero-order chi connectivity index (χ0) is 24.4. The van der Waals surface area contributed by atoms with Crippen LogP contribution in [-0.4, -0.2) is 31.6 Å². The monoisotopic (exact) mass is 501 g/mol. The van der Waals surface area contributed by atoms with Crippen LogP contribution in [0.1, 0.15) is 11.1 Å². The number of amides is 1. The number of thiocarbonyl (C=S) groups is 1. The molecule has 9 heteroatoms. The molecule has 1 saturated heterocycles. The summed E-state index contributed by atoms with van der Waals surface area (Å²) in [7, 11) is 1.58. The van der Waals surface area contributed by atoms with Gasteiger partial charge in [0, 0.05) is 6.20 Å². The van der Waals surface area contributed by atoms with E-state index in [1.54, 1.807) is 55.8 Å². The molecule has 0 N–H and O–H groups in total. The molecule has 0 saturated carbocycles. The van der Waals surface area contributed by atoms with Crippen LogP contribution in [0.25, 0.3) is 11.7 Å². The summed E-state index contributed by atoms with van der Waals surface area (Å²) in [6.07, 6.45) is 3.14. The molecule has 174 valence electrons. The van der Waals surface area contributed by atoms with Crippen molar-refractivity contribution in [2.24, 2.45) is 0 Å². The largest absolute Gasteiger partial charge is 0.497 e. The van der Waals surface area contributed by atoms with Crippen molar-refractivity contribution in [3.05, 3.63) is 105 Å². The fourth-order valence-electron chi connectivity index (χ4n) is 3.57. The Morgan fingerprint density at radius 1 is 0.971 bits per heavy atom. The minimum atomic E-state index is -0.354. The maximum atomic E-state index is 13.4. The van der Waals surface area contributed by atoms with Gasteiger partial charge >= 0.3 is 0 Å². The molecule has 1 aliphatic rings.